The molecule has 5 nitrogen and oxygen atoms in total. The Labute approximate surface area is 112 Å². The molecule has 0 spiro atoms. The van der Waals surface area contributed by atoms with Crippen molar-refractivity contribution in [3.8, 4) is 0 Å². The number of nitrogens with two attached hydrogens (primary N) is 1. The number of hydrogen-bond acceptors (Lipinski definition) is 3. The fraction of sp³-hybridized carbons (Fsp3) is 0.286. The average molecular weight is 258 g/mol. The van der Waals surface area contributed by atoms with Gasteiger partial charge in [-0.2, -0.15) is 5.10 Å². The van der Waals surface area contributed by atoms with Crippen LogP contribution in [0.2, 0.25) is 0 Å². The van der Waals surface area contributed by atoms with E-state index in [1.807, 2.05) is 37.3 Å². The lowest BCUT2D eigenvalue weighted by Crippen LogP contribution is -2.24. The van der Waals surface area contributed by atoms with E-state index < -0.39 is 0 Å². The number of aromatic nitrogens is 2. The van der Waals surface area contributed by atoms with Gasteiger partial charge in [-0.25, -0.2) is 0 Å². The molecule has 1 aromatic heterocycles. The second kappa shape index (κ2) is 6.04. The van der Waals surface area contributed by atoms with Crippen LogP contribution in [0.1, 0.15) is 30.5 Å². The number of aromatic amines is 1. The highest BCUT2D eigenvalue weighted by atomic mass is 16.1. The van der Waals surface area contributed by atoms with Gasteiger partial charge < -0.3 is 11.1 Å². The van der Waals surface area contributed by atoms with E-state index >= 15 is 0 Å². The molecule has 4 N–H and O–H groups in total. The van der Waals surface area contributed by atoms with Gasteiger partial charge in [-0.1, -0.05) is 19.1 Å². The van der Waals surface area contributed by atoms with Crippen LogP contribution in [0.15, 0.2) is 36.5 Å². The van der Waals surface area contributed by atoms with Crippen molar-refractivity contribution < 1.29 is 4.79 Å². The summed E-state index contributed by atoms with van der Waals surface area (Å²) in [6.45, 7) is 2.51. The number of carbonyl (C=O) groups excluding carboxylic acids is 1. The molecule has 0 aliphatic heterocycles. The smallest absolute Gasteiger partial charge is 0.220 e. The Morgan fingerprint density at radius 3 is 2.74 bits per heavy atom. The largest absolute Gasteiger partial charge is 0.399 e. The molecule has 1 aromatic carbocycles. The average Bonchev–Trinajstić information content (AvgIpc) is 2.90. The maximum Gasteiger partial charge on any atom is 0.220 e. The Morgan fingerprint density at radius 2 is 2.11 bits per heavy atom. The van der Waals surface area contributed by atoms with E-state index in [0.717, 1.165) is 16.9 Å². The minimum absolute atomic E-state index is 0.0268. The zero-order valence-corrected chi connectivity index (χ0v) is 10.9. The molecule has 100 valence electrons. The Hall–Kier alpha value is -2.30. The van der Waals surface area contributed by atoms with Crippen molar-refractivity contribution in [3.05, 3.63) is 47.8 Å². The summed E-state index contributed by atoms with van der Waals surface area (Å²) in [6.07, 6.45) is 2.12. The third-order valence-electron chi connectivity index (χ3n) is 3.03. The standard InChI is InChI=1S/C14H18N4O/c1-10(11-2-4-12(15)5-3-11)8-14(19)16-9-13-6-7-17-18-13/h2-7,10H,8-9,15H2,1H3,(H,16,19)(H,17,18). The lowest BCUT2D eigenvalue weighted by molar-refractivity contribution is -0.121. The van der Waals surface area contributed by atoms with Crippen LogP contribution >= 0.6 is 0 Å². The predicted octanol–water partition coefficient (Wildman–Crippen LogP) is 1.80. The number of rotatable bonds is 5. The molecule has 0 saturated carbocycles. The number of H-pyrrole nitrogens is 1. The Balaban J connectivity index is 1.83. The maximum absolute atomic E-state index is 11.8. The number of amides is 1. The molecular formula is C14H18N4O. The zero-order valence-electron chi connectivity index (χ0n) is 10.9. The SMILES string of the molecule is CC(CC(=O)NCc1ccn[nH]1)c1ccc(N)cc1. The van der Waals surface area contributed by atoms with Gasteiger partial charge in [0, 0.05) is 18.3 Å². The highest BCUT2D eigenvalue weighted by Crippen LogP contribution is 2.19. The van der Waals surface area contributed by atoms with Crippen LogP contribution in [0.5, 0.6) is 0 Å². The van der Waals surface area contributed by atoms with Gasteiger partial charge in [-0.3, -0.25) is 9.89 Å². The molecule has 1 heterocycles. The summed E-state index contributed by atoms with van der Waals surface area (Å²) in [5.41, 5.74) is 8.39. The zero-order chi connectivity index (χ0) is 13.7. The van der Waals surface area contributed by atoms with Gasteiger partial charge in [0.15, 0.2) is 0 Å². The molecule has 1 unspecified atom stereocenters. The first kappa shape index (κ1) is 13.1. The normalized spacial score (nSPS) is 12.1. The minimum atomic E-state index is 0.0268. The van der Waals surface area contributed by atoms with Gasteiger partial charge in [-0.05, 0) is 29.7 Å². The van der Waals surface area contributed by atoms with Crippen molar-refractivity contribution in [1.82, 2.24) is 15.5 Å². The summed E-state index contributed by atoms with van der Waals surface area (Å²) in [7, 11) is 0. The molecular weight excluding hydrogens is 240 g/mol. The maximum atomic E-state index is 11.8. The molecule has 0 aliphatic rings. The number of hydrogen-bond donors (Lipinski definition) is 3. The van der Waals surface area contributed by atoms with Gasteiger partial charge in [0.25, 0.3) is 0 Å². The number of anilines is 1. The van der Waals surface area contributed by atoms with Crippen molar-refractivity contribution in [1.29, 1.82) is 0 Å². The lowest BCUT2D eigenvalue weighted by atomic mass is 9.97. The first-order valence-corrected chi connectivity index (χ1v) is 6.25. The second-order valence-corrected chi connectivity index (χ2v) is 4.63. The van der Waals surface area contributed by atoms with E-state index in [9.17, 15) is 4.79 Å². The van der Waals surface area contributed by atoms with Crippen LogP contribution in [0.4, 0.5) is 5.69 Å². The van der Waals surface area contributed by atoms with Crippen molar-refractivity contribution in [3.63, 3.8) is 0 Å². The topological polar surface area (TPSA) is 83.8 Å². The van der Waals surface area contributed by atoms with E-state index in [0.29, 0.717) is 13.0 Å². The molecule has 0 radical (unpaired) electrons. The summed E-state index contributed by atoms with van der Waals surface area (Å²) in [4.78, 5) is 11.8. The van der Waals surface area contributed by atoms with E-state index in [2.05, 4.69) is 15.5 Å². The highest BCUT2D eigenvalue weighted by molar-refractivity contribution is 5.76. The first-order valence-electron chi connectivity index (χ1n) is 6.25. The lowest BCUT2D eigenvalue weighted by Gasteiger charge is -2.12. The summed E-state index contributed by atoms with van der Waals surface area (Å²) in [6, 6.07) is 9.47. The number of nitrogens with one attached hydrogen (secondary N) is 2. The number of nitrogens with zero attached hydrogens (tertiary/aromatic N) is 1. The Morgan fingerprint density at radius 1 is 1.37 bits per heavy atom. The molecule has 5 heteroatoms. The number of carbonyl (C=O) groups is 1. The molecule has 1 amide bonds. The van der Waals surface area contributed by atoms with Crippen LogP contribution in [-0.4, -0.2) is 16.1 Å². The molecule has 19 heavy (non-hydrogen) atoms. The fourth-order valence-electron chi connectivity index (χ4n) is 1.87. The van der Waals surface area contributed by atoms with E-state index in [4.69, 9.17) is 5.73 Å². The number of nitrogen functional groups attached to an aromatic ring is 1. The van der Waals surface area contributed by atoms with Crippen molar-refractivity contribution >= 4 is 11.6 Å². The minimum Gasteiger partial charge on any atom is -0.399 e. The fourth-order valence-corrected chi connectivity index (χ4v) is 1.87. The molecule has 0 saturated heterocycles. The Kier molecular flexibility index (Phi) is 4.18. The number of benzene rings is 1. The van der Waals surface area contributed by atoms with Crippen LogP contribution in [-0.2, 0) is 11.3 Å². The van der Waals surface area contributed by atoms with Crippen molar-refractivity contribution in [2.75, 3.05) is 5.73 Å². The van der Waals surface area contributed by atoms with Crippen LogP contribution in [0.25, 0.3) is 0 Å². The van der Waals surface area contributed by atoms with Crippen LogP contribution < -0.4 is 11.1 Å². The first-order chi connectivity index (χ1) is 9.15. The highest BCUT2D eigenvalue weighted by Gasteiger charge is 2.11. The van der Waals surface area contributed by atoms with Gasteiger partial charge in [0.05, 0.1) is 12.2 Å². The Bertz CT molecular complexity index is 519. The third-order valence-corrected chi connectivity index (χ3v) is 3.03. The quantitative estimate of drug-likeness (QED) is 0.715. The van der Waals surface area contributed by atoms with Crippen molar-refractivity contribution in [2.24, 2.45) is 0 Å². The van der Waals surface area contributed by atoms with Gasteiger partial charge in [-0.15, -0.1) is 0 Å². The van der Waals surface area contributed by atoms with Gasteiger partial charge in [0.1, 0.15) is 0 Å². The molecule has 0 fully saturated rings. The van der Waals surface area contributed by atoms with Gasteiger partial charge >= 0.3 is 0 Å². The van der Waals surface area contributed by atoms with Gasteiger partial charge in [0.2, 0.25) is 5.91 Å². The van der Waals surface area contributed by atoms with Crippen molar-refractivity contribution in [2.45, 2.75) is 25.8 Å². The van der Waals surface area contributed by atoms with E-state index in [1.165, 1.54) is 0 Å². The molecule has 2 rings (SSSR count). The van der Waals surface area contributed by atoms with E-state index in [-0.39, 0.29) is 11.8 Å². The molecule has 0 aliphatic carbocycles. The summed E-state index contributed by atoms with van der Waals surface area (Å²) >= 11 is 0. The molecule has 0 bridgehead atoms. The molecule has 2 aromatic rings. The van der Waals surface area contributed by atoms with Crippen LogP contribution in [0.3, 0.4) is 0 Å². The second-order valence-electron chi connectivity index (χ2n) is 4.63. The monoisotopic (exact) mass is 258 g/mol. The van der Waals surface area contributed by atoms with E-state index in [1.54, 1.807) is 6.20 Å². The third kappa shape index (κ3) is 3.84. The summed E-state index contributed by atoms with van der Waals surface area (Å²) in [5, 5.41) is 9.50. The summed E-state index contributed by atoms with van der Waals surface area (Å²) < 4.78 is 0. The van der Waals surface area contributed by atoms with Crippen LogP contribution in [0, 0.1) is 0 Å². The molecule has 1 atom stereocenters. The summed E-state index contributed by atoms with van der Waals surface area (Å²) in [5.74, 6) is 0.196. The predicted molar refractivity (Wildman–Crippen MR) is 74.3 cm³/mol.